The lowest BCUT2D eigenvalue weighted by Gasteiger charge is -2.22. The zero-order chi connectivity index (χ0) is 11.8. The lowest BCUT2D eigenvalue weighted by atomic mass is 10.4. The lowest BCUT2D eigenvalue weighted by Crippen LogP contribution is -2.36. The van der Waals surface area contributed by atoms with Gasteiger partial charge in [-0.3, -0.25) is 4.79 Å². The summed E-state index contributed by atoms with van der Waals surface area (Å²) < 4.78 is 0. The number of carbonyl (C=O) groups is 1. The molecule has 0 aliphatic carbocycles. The summed E-state index contributed by atoms with van der Waals surface area (Å²) in [7, 11) is 0. The molecule has 0 radical (unpaired) electrons. The first kappa shape index (κ1) is 14.7. The zero-order valence-electron chi connectivity index (χ0n) is 9.64. The average molecular weight is 235 g/mol. The van der Waals surface area contributed by atoms with Crippen molar-refractivity contribution >= 4 is 17.7 Å². The molecule has 0 aliphatic rings. The maximum absolute atomic E-state index is 11.8. The first-order valence-electron chi connectivity index (χ1n) is 5.26. The first-order chi connectivity index (χ1) is 7.06. The quantitative estimate of drug-likeness (QED) is 0.667. The second-order valence-electron chi connectivity index (χ2n) is 3.32. The Morgan fingerprint density at radius 3 is 2.33 bits per heavy atom. The number of nitrogens with zero attached hydrogens (tertiary/aromatic N) is 1. The summed E-state index contributed by atoms with van der Waals surface area (Å²) >= 11 is 1.38. The molecule has 5 heteroatoms. The molecule has 2 unspecified atom stereocenters. The van der Waals surface area contributed by atoms with Crippen LogP contribution in [0.5, 0.6) is 0 Å². The Bertz CT molecular complexity index is 186. The molecule has 0 bridgehead atoms. The van der Waals surface area contributed by atoms with Gasteiger partial charge in [0.1, 0.15) is 0 Å². The van der Waals surface area contributed by atoms with Gasteiger partial charge in [0, 0.05) is 18.8 Å². The van der Waals surface area contributed by atoms with E-state index in [1.165, 1.54) is 11.8 Å². The molecule has 0 aromatic rings. The molecule has 15 heavy (non-hydrogen) atoms. The second-order valence-corrected chi connectivity index (χ2v) is 4.70. The third-order valence-corrected chi connectivity index (χ3v) is 3.45. The third-order valence-electron chi connectivity index (χ3n) is 2.17. The van der Waals surface area contributed by atoms with Crippen LogP contribution in [0.1, 0.15) is 20.8 Å². The fourth-order valence-electron chi connectivity index (χ4n) is 1.17. The molecule has 0 heterocycles. The molecule has 4 nitrogen and oxygen atoms in total. The summed E-state index contributed by atoms with van der Waals surface area (Å²) in [6.07, 6.45) is -0.734. The highest BCUT2D eigenvalue weighted by Gasteiger charge is 2.19. The number of hydrogen-bond donors (Lipinski definition) is 2. The van der Waals surface area contributed by atoms with E-state index < -0.39 is 6.10 Å². The summed E-state index contributed by atoms with van der Waals surface area (Å²) in [6.45, 7) is 6.89. The molecular formula is C10H21NO3S. The van der Waals surface area contributed by atoms with Crippen LogP contribution in [-0.4, -0.2) is 57.8 Å². The highest BCUT2D eigenvalue weighted by atomic mass is 32.2. The number of carbonyl (C=O) groups excluding carboxylic acids is 1. The van der Waals surface area contributed by atoms with Crippen molar-refractivity contribution < 1.29 is 15.0 Å². The molecule has 1 amide bonds. The minimum absolute atomic E-state index is 0.0927. The standard InChI is InChI=1S/C10H21NO3S/c1-4-11(5-2)10(14)8(3)15-7-9(13)6-12/h8-9,12-13H,4-7H2,1-3H3. The molecular weight excluding hydrogens is 214 g/mol. The number of aliphatic hydroxyl groups excluding tert-OH is 2. The van der Waals surface area contributed by atoms with E-state index in [1.54, 1.807) is 4.90 Å². The van der Waals surface area contributed by atoms with Gasteiger partial charge >= 0.3 is 0 Å². The Kier molecular flexibility index (Phi) is 7.82. The molecule has 0 rings (SSSR count). The van der Waals surface area contributed by atoms with E-state index in [1.807, 2.05) is 20.8 Å². The Balaban J connectivity index is 3.97. The molecule has 0 aromatic heterocycles. The van der Waals surface area contributed by atoms with Crippen LogP contribution in [-0.2, 0) is 4.79 Å². The molecule has 0 aromatic carbocycles. The minimum Gasteiger partial charge on any atom is -0.394 e. The predicted molar refractivity (Wildman–Crippen MR) is 62.9 cm³/mol. The van der Waals surface area contributed by atoms with Crippen LogP contribution in [0, 0.1) is 0 Å². The highest BCUT2D eigenvalue weighted by molar-refractivity contribution is 8.00. The van der Waals surface area contributed by atoms with E-state index in [-0.39, 0.29) is 17.8 Å². The number of amides is 1. The maximum Gasteiger partial charge on any atom is 0.235 e. The fourth-order valence-corrected chi connectivity index (χ4v) is 2.08. The minimum atomic E-state index is -0.734. The monoisotopic (exact) mass is 235 g/mol. The van der Waals surface area contributed by atoms with E-state index in [0.29, 0.717) is 18.8 Å². The largest absolute Gasteiger partial charge is 0.394 e. The van der Waals surface area contributed by atoms with Gasteiger partial charge in [-0.1, -0.05) is 0 Å². The normalized spacial score (nSPS) is 14.7. The van der Waals surface area contributed by atoms with Gasteiger partial charge in [-0.15, -0.1) is 11.8 Å². The fraction of sp³-hybridized carbons (Fsp3) is 0.900. The van der Waals surface area contributed by atoms with E-state index >= 15 is 0 Å². The van der Waals surface area contributed by atoms with Crippen LogP contribution < -0.4 is 0 Å². The van der Waals surface area contributed by atoms with Gasteiger partial charge in [-0.2, -0.15) is 0 Å². The molecule has 90 valence electrons. The molecule has 2 atom stereocenters. The van der Waals surface area contributed by atoms with Crippen molar-refractivity contribution in [2.24, 2.45) is 0 Å². The van der Waals surface area contributed by atoms with Gasteiger partial charge in [-0.25, -0.2) is 0 Å². The smallest absolute Gasteiger partial charge is 0.235 e. The molecule has 2 N–H and O–H groups in total. The van der Waals surface area contributed by atoms with Gasteiger partial charge in [-0.05, 0) is 20.8 Å². The van der Waals surface area contributed by atoms with Gasteiger partial charge in [0.2, 0.25) is 5.91 Å². The summed E-state index contributed by atoms with van der Waals surface area (Å²) in [4.78, 5) is 13.5. The molecule has 0 spiro atoms. The summed E-state index contributed by atoms with van der Waals surface area (Å²) in [5.74, 6) is 0.486. The Hall–Kier alpha value is -0.260. The predicted octanol–water partition coefficient (Wildman–Crippen LogP) is 0.330. The Morgan fingerprint density at radius 1 is 1.40 bits per heavy atom. The number of rotatable bonds is 7. The summed E-state index contributed by atoms with van der Waals surface area (Å²) in [5.41, 5.74) is 0. The van der Waals surface area contributed by atoms with Crippen molar-refractivity contribution in [1.29, 1.82) is 0 Å². The van der Waals surface area contributed by atoms with Crippen LogP contribution in [0.3, 0.4) is 0 Å². The van der Waals surface area contributed by atoms with Gasteiger partial charge in [0.25, 0.3) is 0 Å². The SMILES string of the molecule is CCN(CC)C(=O)C(C)SCC(O)CO. The average Bonchev–Trinajstić information content (AvgIpc) is 2.26. The van der Waals surface area contributed by atoms with E-state index in [0.717, 1.165) is 0 Å². The van der Waals surface area contributed by atoms with Crippen molar-refractivity contribution in [3.8, 4) is 0 Å². The van der Waals surface area contributed by atoms with Crippen LogP contribution in [0.25, 0.3) is 0 Å². The van der Waals surface area contributed by atoms with Gasteiger partial charge < -0.3 is 15.1 Å². The van der Waals surface area contributed by atoms with Crippen molar-refractivity contribution in [2.45, 2.75) is 32.1 Å². The third kappa shape index (κ3) is 5.39. The van der Waals surface area contributed by atoms with Gasteiger partial charge in [0.05, 0.1) is 18.0 Å². The molecule has 0 saturated heterocycles. The molecule has 0 saturated carbocycles. The topological polar surface area (TPSA) is 60.8 Å². The Labute approximate surface area is 95.7 Å². The van der Waals surface area contributed by atoms with Crippen LogP contribution in [0.4, 0.5) is 0 Å². The van der Waals surface area contributed by atoms with Crippen molar-refractivity contribution in [1.82, 2.24) is 4.90 Å². The van der Waals surface area contributed by atoms with E-state index in [9.17, 15) is 4.79 Å². The van der Waals surface area contributed by atoms with Gasteiger partial charge in [0.15, 0.2) is 0 Å². The zero-order valence-corrected chi connectivity index (χ0v) is 10.5. The summed E-state index contributed by atoms with van der Waals surface area (Å²) in [5, 5.41) is 17.6. The van der Waals surface area contributed by atoms with Crippen molar-refractivity contribution in [2.75, 3.05) is 25.4 Å². The molecule has 0 fully saturated rings. The van der Waals surface area contributed by atoms with Crippen LogP contribution in [0.15, 0.2) is 0 Å². The van der Waals surface area contributed by atoms with Crippen molar-refractivity contribution in [3.63, 3.8) is 0 Å². The first-order valence-corrected chi connectivity index (χ1v) is 6.30. The van der Waals surface area contributed by atoms with Crippen LogP contribution >= 0.6 is 11.8 Å². The van der Waals surface area contributed by atoms with E-state index in [2.05, 4.69) is 0 Å². The number of hydrogen-bond acceptors (Lipinski definition) is 4. The number of thioether (sulfide) groups is 1. The lowest BCUT2D eigenvalue weighted by molar-refractivity contribution is -0.129. The summed E-state index contributed by atoms with van der Waals surface area (Å²) in [6, 6.07) is 0. The number of aliphatic hydroxyl groups is 2. The van der Waals surface area contributed by atoms with Crippen molar-refractivity contribution in [3.05, 3.63) is 0 Å². The highest BCUT2D eigenvalue weighted by Crippen LogP contribution is 2.14. The van der Waals surface area contributed by atoms with E-state index in [4.69, 9.17) is 10.2 Å². The second kappa shape index (κ2) is 7.96. The maximum atomic E-state index is 11.8. The molecule has 0 aliphatic heterocycles. The van der Waals surface area contributed by atoms with Crippen LogP contribution in [0.2, 0.25) is 0 Å². The Morgan fingerprint density at radius 2 is 1.93 bits per heavy atom.